The van der Waals surface area contributed by atoms with Crippen molar-refractivity contribution in [3.8, 4) is 0 Å². The lowest BCUT2D eigenvalue weighted by atomic mass is 9.77. The summed E-state index contributed by atoms with van der Waals surface area (Å²) in [6.07, 6.45) is -3.90. The van der Waals surface area contributed by atoms with Crippen LogP contribution in [0.4, 0.5) is 22.0 Å². The maximum atomic E-state index is 15.2. The van der Waals surface area contributed by atoms with Crippen molar-refractivity contribution in [3.05, 3.63) is 56.6 Å². The van der Waals surface area contributed by atoms with Gasteiger partial charge in [-0.1, -0.05) is 18.5 Å². The first-order valence-electron chi connectivity index (χ1n) is 10.8. The minimum absolute atomic E-state index is 0.00245. The summed E-state index contributed by atoms with van der Waals surface area (Å²) < 4.78 is 81.4. The molecule has 35 heavy (non-hydrogen) atoms. The van der Waals surface area contributed by atoms with Gasteiger partial charge in [-0.25, -0.2) is 18.4 Å². The molecule has 0 amide bonds. The predicted molar refractivity (Wildman–Crippen MR) is 118 cm³/mol. The molecule has 2 rings (SSSR count). The lowest BCUT2D eigenvalue weighted by Crippen LogP contribution is -2.36. The molecule has 0 radical (unpaired) electrons. The van der Waals surface area contributed by atoms with E-state index in [2.05, 4.69) is 10.1 Å². The van der Waals surface area contributed by atoms with Crippen LogP contribution < -0.4 is 11.1 Å². The molecule has 1 aliphatic rings. The third kappa shape index (κ3) is 6.32. The number of dihydropyridines is 1. The van der Waals surface area contributed by atoms with Crippen LogP contribution in [0.25, 0.3) is 0 Å². The third-order valence-corrected chi connectivity index (χ3v) is 5.63. The first-order valence-corrected chi connectivity index (χ1v) is 11.2. The maximum absolute atomic E-state index is 15.2. The van der Waals surface area contributed by atoms with Crippen LogP contribution in [0.15, 0.2) is 34.7 Å². The number of carbonyl (C=O) groups is 2. The molecule has 0 bridgehead atoms. The molecule has 3 N–H and O–H groups in total. The van der Waals surface area contributed by atoms with Crippen molar-refractivity contribution in [2.45, 2.75) is 44.7 Å². The van der Waals surface area contributed by atoms with E-state index in [0.29, 0.717) is 31.4 Å². The number of benzene rings is 1. The van der Waals surface area contributed by atoms with Gasteiger partial charge >= 0.3 is 18.1 Å². The fraction of sp³-hybridized carbons (Fsp3) is 0.478. The molecule has 12 heteroatoms. The average molecular weight is 525 g/mol. The quantitative estimate of drug-likeness (QED) is 0.256. The topological polar surface area (TPSA) is 90.6 Å². The summed E-state index contributed by atoms with van der Waals surface area (Å²) in [5.41, 5.74) is 1.22. The van der Waals surface area contributed by atoms with Gasteiger partial charge in [0.25, 0.3) is 0 Å². The monoisotopic (exact) mass is 524 g/mol. The van der Waals surface area contributed by atoms with E-state index in [9.17, 15) is 27.2 Å². The highest BCUT2D eigenvalue weighted by molar-refractivity contribution is 6.31. The maximum Gasteiger partial charge on any atom is 0.418 e. The highest BCUT2D eigenvalue weighted by Crippen LogP contribution is 2.48. The highest BCUT2D eigenvalue weighted by atomic mass is 35.5. The summed E-state index contributed by atoms with van der Waals surface area (Å²) in [6.45, 7) is 0.553. The number of halogens is 6. The highest BCUT2D eigenvalue weighted by Gasteiger charge is 2.47. The molecule has 1 heterocycles. The van der Waals surface area contributed by atoms with Crippen LogP contribution in [0.5, 0.6) is 0 Å². The summed E-state index contributed by atoms with van der Waals surface area (Å²) in [7, 11) is 0.927. The van der Waals surface area contributed by atoms with Crippen LogP contribution in [-0.2, 0) is 25.2 Å². The van der Waals surface area contributed by atoms with E-state index in [0.717, 1.165) is 7.11 Å². The fourth-order valence-electron chi connectivity index (χ4n) is 3.85. The van der Waals surface area contributed by atoms with Crippen LogP contribution in [0.2, 0.25) is 5.02 Å². The van der Waals surface area contributed by atoms with Crippen molar-refractivity contribution in [1.82, 2.24) is 5.32 Å². The zero-order valence-corrected chi connectivity index (χ0v) is 19.9. The van der Waals surface area contributed by atoms with Crippen molar-refractivity contribution in [2.75, 3.05) is 26.9 Å². The SMILES string of the molecule is CCCOC(=O)C1=C(CCCCN)NC(CF)=C(C(=O)OC)C1c1c(F)ccc(Cl)c1C(F)(F)F. The molecular weight excluding hydrogens is 499 g/mol. The van der Waals surface area contributed by atoms with Crippen LogP contribution in [-0.4, -0.2) is 38.9 Å². The van der Waals surface area contributed by atoms with Crippen LogP contribution in [0.3, 0.4) is 0 Å². The molecular formula is C23H26ClF5N2O4. The van der Waals surface area contributed by atoms with Crippen LogP contribution in [0, 0.1) is 5.82 Å². The van der Waals surface area contributed by atoms with E-state index in [1.54, 1.807) is 6.92 Å². The molecule has 0 aromatic heterocycles. The number of hydrogen-bond donors (Lipinski definition) is 2. The summed E-state index contributed by atoms with van der Waals surface area (Å²) in [5.74, 6) is -5.72. The molecule has 0 saturated heterocycles. The number of hydrogen-bond acceptors (Lipinski definition) is 6. The fourth-order valence-corrected chi connectivity index (χ4v) is 4.12. The number of allylic oxidation sites excluding steroid dienone is 2. The van der Waals surface area contributed by atoms with Gasteiger partial charge in [0.05, 0.1) is 47.1 Å². The van der Waals surface area contributed by atoms with Crippen molar-refractivity contribution >= 4 is 23.5 Å². The summed E-state index contributed by atoms with van der Waals surface area (Å²) >= 11 is 5.83. The summed E-state index contributed by atoms with van der Waals surface area (Å²) in [6, 6.07) is 1.39. The number of methoxy groups -OCH3 is 1. The zero-order chi connectivity index (χ0) is 26.3. The smallest absolute Gasteiger partial charge is 0.418 e. The predicted octanol–water partition coefficient (Wildman–Crippen LogP) is 4.92. The van der Waals surface area contributed by atoms with E-state index in [4.69, 9.17) is 22.1 Å². The number of ether oxygens (including phenoxy) is 2. The first kappa shape index (κ1) is 28.6. The average Bonchev–Trinajstić information content (AvgIpc) is 2.81. The number of nitrogens with two attached hydrogens (primary N) is 1. The van der Waals surface area contributed by atoms with Gasteiger partial charge in [0.2, 0.25) is 0 Å². The summed E-state index contributed by atoms with van der Waals surface area (Å²) in [5, 5.41) is 1.77. The largest absolute Gasteiger partial charge is 0.466 e. The second kappa shape index (κ2) is 12.3. The van der Waals surface area contributed by atoms with Crippen molar-refractivity contribution in [1.29, 1.82) is 0 Å². The zero-order valence-electron chi connectivity index (χ0n) is 19.2. The molecule has 6 nitrogen and oxygen atoms in total. The summed E-state index contributed by atoms with van der Waals surface area (Å²) in [4.78, 5) is 25.9. The third-order valence-electron chi connectivity index (χ3n) is 5.32. The Morgan fingerprint density at radius 1 is 1.14 bits per heavy atom. The Bertz CT molecular complexity index is 1020. The Balaban J connectivity index is 2.97. The standard InChI is InChI=1S/C23H26ClF5N2O4/c1-3-10-35-22(33)17-14(6-4-5-9-30)31-15(11-25)18(21(32)34-2)19(17)16-13(26)8-7-12(24)20(16)23(27,28)29/h7-8,19,31H,3-6,9-11,30H2,1-2H3. The Kier molecular flexibility index (Phi) is 10.1. The molecule has 1 aromatic rings. The Labute approximate surface area is 204 Å². The number of carbonyl (C=O) groups excluding carboxylic acids is 2. The normalized spacial score (nSPS) is 16.3. The molecule has 0 saturated carbocycles. The van der Waals surface area contributed by atoms with Gasteiger partial charge < -0.3 is 20.5 Å². The van der Waals surface area contributed by atoms with E-state index in [-0.39, 0.29) is 25.3 Å². The number of alkyl halides is 4. The van der Waals surface area contributed by atoms with Crippen molar-refractivity contribution < 1.29 is 41.0 Å². The molecule has 1 unspecified atom stereocenters. The van der Waals surface area contributed by atoms with Gasteiger partial charge in [-0.3, -0.25) is 0 Å². The Hall–Kier alpha value is -2.66. The molecule has 1 aliphatic heterocycles. The minimum Gasteiger partial charge on any atom is -0.466 e. The molecule has 0 fully saturated rings. The van der Waals surface area contributed by atoms with Crippen LogP contribution in [0.1, 0.15) is 49.7 Å². The Morgan fingerprint density at radius 2 is 1.80 bits per heavy atom. The van der Waals surface area contributed by atoms with E-state index < -0.39 is 69.5 Å². The molecule has 0 spiro atoms. The molecule has 1 aromatic carbocycles. The van der Waals surface area contributed by atoms with Gasteiger partial charge in [-0.05, 0) is 44.4 Å². The van der Waals surface area contributed by atoms with Gasteiger partial charge in [0.1, 0.15) is 12.5 Å². The van der Waals surface area contributed by atoms with E-state index in [1.165, 1.54) is 0 Å². The number of unbranched alkanes of at least 4 members (excludes halogenated alkanes) is 1. The number of nitrogens with one attached hydrogen (secondary N) is 1. The van der Waals surface area contributed by atoms with Gasteiger partial charge in [-0.15, -0.1) is 0 Å². The second-order valence-corrected chi connectivity index (χ2v) is 8.07. The lowest BCUT2D eigenvalue weighted by Gasteiger charge is -2.33. The minimum atomic E-state index is -5.17. The van der Waals surface area contributed by atoms with Gasteiger partial charge in [0.15, 0.2) is 0 Å². The Morgan fingerprint density at radius 3 is 2.34 bits per heavy atom. The molecule has 0 aliphatic carbocycles. The second-order valence-electron chi connectivity index (χ2n) is 7.67. The van der Waals surface area contributed by atoms with Crippen molar-refractivity contribution in [3.63, 3.8) is 0 Å². The first-order chi connectivity index (χ1) is 16.5. The van der Waals surface area contributed by atoms with E-state index >= 15 is 4.39 Å². The number of rotatable bonds is 10. The lowest BCUT2D eigenvalue weighted by molar-refractivity contribution is -0.141. The van der Waals surface area contributed by atoms with Gasteiger partial charge in [0, 0.05) is 11.3 Å². The van der Waals surface area contributed by atoms with E-state index in [1.807, 2.05) is 0 Å². The van der Waals surface area contributed by atoms with Gasteiger partial charge in [-0.2, -0.15) is 13.2 Å². The molecule has 194 valence electrons. The van der Waals surface area contributed by atoms with Crippen LogP contribution >= 0.6 is 11.6 Å². The van der Waals surface area contributed by atoms with Crippen molar-refractivity contribution in [2.24, 2.45) is 5.73 Å². The molecule has 1 atom stereocenters. The number of esters is 2.